The molecule has 1 fully saturated rings. The van der Waals surface area contributed by atoms with E-state index >= 15 is 0 Å². The molecule has 0 spiro atoms. The Labute approximate surface area is 129 Å². The van der Waals surface area contributed by atoms with Gasteiger partial charge in [-0.25, -0.2) is 4.98 Å². The van der Waals surface area contributed by atoms with Crippen LogP contribution in [0.2, 0.25) is 0 Å². The Kier molecular flexibility index (Phi) is 5.11. The molecule has 2 atom stereocenters. The fourth-order valence-electron chi connectivity index (χ4n) is 2.76. The molecule has 0 radical (unpaired) electrons. The second kappa shape index (κ2) is 6.66. The highest BCUT2D eigenvalue weighted by Crippen LogP contribution is 2.24. The molecule has 1 aliphatic heterocycles. The van der Waals surface area contributed by atoms with Crippen LogP contribution in [0.4, 0.5) is 0 Å². The lowest BCUT2D eigenvalue weighted by molar-refractivity contribution is -0.141. The average molecular weight is 309 g/mol. The quantitative estimate of drug-likeness (QED) is 0.820. The number of amides is 2. The number of rotatable bonds is 6. The van der Waals surface area contributed by atoms with Crippen LogP contribution in [-0.4, -0.2) is 33.8 Å². The SMILES string of the molecule is CCC(CC)N1C(=O)CC(NC(C)c2ncc(C)s2)C1=O. The van der Waals surface area contributed by atoms with Gasteiger partial charge >= 0.3 is 0 Å². The summed E-state index contributed by atoms with van der Waals surface area (Å²) in [6.45, 7) is 8.01. The molecule has 1 aliphatic rings. The van der Waals surface area contributed by atoms with E-state index in [4.69, 9.17) is 0 Å². The topological polar surface area (TPSA) is 62.3 Å². The Morgan fingerprint density at radius 2 is 2.10 bits per heavy atom. The van der Waals surface area contributed by atoms with Crippen molar-refractivity contribution in [3.05, 3.63) is 16.1 Å². The summed E-state index contributed by atoms with van der Waals surface area (Å²) in [5.74, 6) is -0.150. The van der Waals surface area contributed by atoms with Gasteiger partial charge in [0, 0.05) is 17.1 Å². The molecule has 116 valence electrons. The number of hydrogen-bond acceptors (Lipinski definition) is 5. The summed E-state index contributed by atoms with van der Waals surface area (Å²) in [4.78, 5) is 31.5. The lowest BCUT2D eigenvalue weighted by atomic mass is 10.1. The van der Waals surface area contributed by atoms with Crippen molar-refractivity contribution in [3.63, 3.8) is 0 Å². The van der Waals surface area contributed by atoms with Gasteiger partial charge in [0.25, 0.3) is 0 Å². The zero-order chi connectivity index (χ0) is 15.6. The van der Waals surface area contributed by atoms with Crippen molar-refractivity contribution in [3.8, 4) is 0 Å². The normalized spacial score (nSPS) is 20.6. The number of thiazole rings is 1. The van der Waals surface area contributed by atoms with Crippen LogP contribution in [0.15, 0.2) is 6.20 Å². The smallest absolute Gasteiger partial charge is 0.247 e. The minimum atomic E-state index is -0.419. The second-order valence-corrected chi connectivity index (χ2v) is 6.79. The van der Waals surface area contributed by atoms with Gasteiger partial charge in [0.1, 0.15) is 5.01 Å². The van der Waals surface area contributed by atoms with Gasteiger partial charge in [0.2, 0.25) is 11.8 Å². The third kappa shape index (κ3) is 3.32. The molecule has 1 aromatic rings. The number of imide groups is 1. The van der Waals surface area contributed by atoms with E-state index in [1.807, 2.05) is 33.9 Å². The molecule has 0 aromatic carbocycles. The number of aryl methyl sites for hydroxylation is 1. The fourth-order valence-corrected chi connectivity index (χ4v) is 3.55. The van der Waals surface area contributed by atoms with E-state index in [1.54, 1.807) is 11.3 Å². The third-order valence-electron chi connectivity index (χ3n) is 3.95. The summed E-state index contributed by atoms with van der Waals surface area (Å²) in [6.07, 6.45) is 3.70. The van der Waals surface area contributed by atoms with E-state index in [9.17, 15) is 9.59 Å². The summed E-state index contributed by atoms with van der Waals surface area (Å²) in [6, 6.07) is -0.418. The molecule has 2 amide bonds. The maximum atomic E-state index is 12.5. The van der Waals surface area contributed by atoms with E-state index in [1.165, 1.54) is 4.90 Å². The first-order chi connectivity index (χ1) is 9.97. The Bertz CT molecular complexity index is 525. The molecule has 0 saturated carbocycles. The number of aromatic nitrogens is 1. The van der Waals surface area contributed by atoms with Crippen molar-refractivity contribution in [2.75, 3.05) is 0 Å². The van der Waals surface area contributed by atoms with Gasteiger partial charge in [-0.2, -0.15) is 0 Å². The van der Waals surface area contributed by atoms with Crippen molar-refractivity contribution < 1.29 is 9.59 Å². The molecule has 2 heterocycles. The van der Waals surface area contributed by atoms with Crippen LogP contribution in [0.3, 0.4) is 0 Å². The van der Waals surface area contributed by atoms with E-state index in [-0.39, 0.29) is 30.3 Å². The van der Waals surface area contributed by atoms with Crippen LogP contribution in [-0.2, 0) is 9.59 Å². The minimum Gasteiger partial charge on any atom is -0.297 e. The first-order valence-corrected chi connectivity index (χ1v) is 8.33. The highest BCUT2D eigenvalue weighted by Gasteiger charge is 2.41. The standard InChI is InChI=1S/C15H23N3O2S/c1-5-11(6-2)18-13(19)7-12(15(18)20)17-10(4)14-16-8-9(3)21-14/h8,10-12,17H,5-7H2,1-4H3. The molecule has 0 aliphatic carbocycles. The van der Waals surface area contributed by atoms with Gasteiger partial charge in [0.15, 0.2) is 0 Å². The Morgan fingerprint density at radius 3 is 2.62 bits per heavy atom. The molecular formula is C15H23N3O2S. The van der Waals surface area contributed by atoms with Crippen molar-refractivity contribution in [1.82, 2.24) is 15.2 Å². The zero-order valence-electron chi connectivity index (χ0n) is 13.0. The third-order valence-corrected chi connectivity index (χ3v) is 5.05. The fraction of sp³-hybridized carbons (Fsp3) is 0.667. The monoisotopic (exact) mass is 309 g/mol. The van der Waals surface area contributed by atoms with Gasteiger partial charge in [0.05, 0.1) is 18.5 Å². The molecule has 1 N–H and O–H groups in total. The van der Waals surface area contributed by atoms with Crippen LogP contribution in [0, 0.1) is 6.92 Å². The molecule has 2 unspecified atom stereocenters. The summed E-state index contributed by atoms with van der Waals surface area (Å²) in [5.41, 5.74) is 0. The van der Waals surface area contributed by atoms with Gasteiger partial charge in [-0.1, -0.05) is 13.8 Å². The molecular weight excluding hydrogens is 286 g/mol. The van der Waals surface area contributed by atoms with Crippen molar-refractivity contribution >= 4 is 23.2 Å². The van der Waals surface area contributed by atoms with Gasteiger partial charge < -0.3 is 0 Å². The summed E-state index contributed by atoms with van der Waals surface area (Å²) < 4.78 is 0. The van der Waals surface area contributed by atoms with Crippen LogP contribution in [0.5, 0.6) is 0 Å². The number of nitrogens with one attached hydrogen (secondary N) is 1. The number of likely N-dealkylation sites (tertiary alicyclic amines) is 1. The molecule has 2 rings (SSSR count). The first kappa shape index (κ1) is 16.1. The summed E-state index contributed by atoms with van der Waals surface area (Å²) >= 11 is 1.61. The second-order valence-electron chi connectivity index (χ2n) is 5.53. The Morgan fingerprint density at radius 1 is 1.43 bits per heavy atom. The van der Waals surface area contributed by atoms with Crippen LogP contribution in [0.1, 0.15) is 56.0 Å². The van der Waals surface area contributed by atoms with E-state index in [0.717, 1.165) is 22.7 Å². The molecule has 1 aromatic heterocycles. The maximum Gasteiger partial charge on any atom is 0.247 e. The predicted molar refractivity (Wildman–Crippen MR) is 83.0 cm³/mol. The van der Waals surface area contributed by atoms with Crippen LogP contribution in [0.25, 0.3) is 0 Å². The predicted octanol–water partition coefficient (Wildman–Crippen LogP) is 2.42. The summed E-state index contributed by atoms with van der Waals surface area (Å²) in [7, 11) is 0. The van der Waals surface area contributed by atoms with E-state index in [2.05, 4.69) is 10.3 Å². The first-order valence-electron chi connectivity index (χ1n) is 7.52. The van der Waals surface area contributed by atoms with Crippen molar-refractivity contribution in [2.45, 2.75) is 65.1 Å². The van der Waals surface area contributed by atoms with Gasteiger partial charge in [-0.05, 0) is 26.7 Å². The number of carbonyl (C=O) groups is 2. The summed E-state index contributed by atoms with van der Waals surface area (Å²) in [5, 5.41) is 4.21. The highest BCUT2D eigenvalue weighted by molar-refractivity contribution is 7.11. The average Bonchev–Trinajstić information content (AvgIpc) is 2.99. The van der Waals surface area contributed by atoms with Crippen molar-refractivity contribution in [1.29, 1.82) is 0 Å². The number of carbonyl (C=O) groups excluding carboxylic acids is 2. The lowest BCUT2D eigenvalue weighted by Crippen LogP contribution is -2.44. The number of hydrogen-bond donors (Lipinski definition) is 1. The van der Waals surface area contributed by atoms with Crippen LogP contribution >= 0.6 is 11.3 Å². The zero-order valence-corrected chi connectivity index (χ0v) is 13.9. The Hall–Kier alpha value is -1.27. The van der Waals surface area contributed by atoms with Crippen LogP contribution < -0.4 is 5.32 Å². The van der Waals surface area contributed by atoms with Gasteiger partial charge in [-0.3, -0.25) is 19.8 Å². The van der Waals surface area contributed by atoms with Crippen molar-refractivity contribution in [2.24, 2.45) is 0 Å². The molecule has 0 bridgehead atoms. The lowest BCUT2D eigenvalue weighted by Gasteiger charge is -2.24. The van der Waals surface area contributed by atoms with E-state index in [0.29, 0.717) is 0 Å². The van der Waals surface area contributed by atoms with Gasteiger partial charge in [-0.15, -0.1) is 11.3 Å². The molecule has 5 nitrogen and oxygen atoms in total. The maximum absolute atomic E-state index is 12.5. The largest absolute Gasteiger partial charge is 0.297 e. The molecule has 6 heteroatoms. The molecule has 1 saturated heterocycles. The van der Waals surface area contributed by atoms with E-state index < -0.39 is 6.04 Å². The number of nitrogens with zero attached hydrogens (tertiary/aromatic N) is 2. The highest BCUT2D eigenvalue weighted by atomic mass is 32.1. The minimum absolute atomic E-state index is 0.0212. The molecule has 21 heavy (non-hydrogen) atoms. The Balaban J connectivity index is 2.05.